The maximum absolute atomic E-state index is 11.7. The average Bonchev–Trinajstić information content (AvgIpc) is 2.26. The minimum atomic E-state index is 0.207. The molecule has 0 saturated heterocycles. The number of Topliss-reactive ketones (excluding diaryl/α,β-unsaturated/α-hetero) is 1. The highest BCUT2D eigenvalue weighted by atomic mass is 16.1. The van der Waals surface area contributed by atoms with E-state index in [1.54, 1.807) is 6.92 Å². The Morgan fingerprint density at radius 3 is 1.93 bits per heavy atom. The minimum Gasteiger partial charge on any atom is -0.294 e. The molecule has 0 spiro atoms. The van der Waals surface area contributed by atoms with Crippen molar-refractivity contribution in [2.75, 3.05) is 0 Å². The lowest BCUT2D eigenvalue weighted by Crippen LogP contribution is -2.07. The monoisotopic (exact) mass is 204 g/mol. The van der Waals surface area contributed by atoms with Crippen LogP contribution in [0.1, 0.15) is 54.7 Å². The number of carbonyl (C=O) groups excluding carboxylic acids is 1. The van der Waals surface area contributed by atoms with Gasteiger partial charge < -0.3 is 0 Å². The minimum absolute atomic E-state index is 0.207. The number of hydrogen-bond acceptors (Lipinski definition) is 1. The fraction of sp³-hybridized carbons (Fsp3) is 0.500. The maximum Gasteiger partial charge on any atom is 0.160 e. The molecule has 0 N–H and O–H groups in total. The molecule has 0 aromatic heterocycles. The molecular weight excluding hydrogens is 184 g/mol. The van der Waals surface area contributed by atoms with Crippen LogP contribution in [0.15, 0.2) is 12.1 Å². The molecule has 82 valence electrons. The highest BCUT2D eigenvalue weighted by Crippen LogP contribution is 2.22. The molecule has 0 radical (unpaired) electrons. The van der Waals surface area contributed by atoms with Crippen molar-refractivity contribution < 1.29 is 4.79 Å². The second-order valence-electron chi connectivity index (χ2n) is 3.85. The number of benzene rings is 1. The molecule has 0 amide bonds. The number of rotatable bonds is 4. The molecule has 0 aliphatic carbocycles. The highest BCUT2D eigenvalue weighted by molar-refractivity contribution is 5.97. The van der Waals surface area contributed by atoms with Crippen LogP contribution in [0, 0.1) is 0 Å². The van der Waals surface area contributed by atoms with Gasteiger partial charge in [-0.25, -0.2) is 0 Å². The molecule has 1 nitrogen and oxygen atoms in total. The molecule has 15 heavy (non-hydrogen) atoms. The second-order valence-corrected chi connectivity index (χ2v) is 3.85. The third-order valence-electron chi connectivity index (χ3n) is 2.96. The lowest BCUT2D eigenvalue weighted by atomic mass is 9.90. The normalized spacial score (nSPS) is 10.4. The summed E-state index contributed by atoms with van der Waals surface area (Å²) in [6.45, 7) is 8.05. The Kier molecular flexibility index (Phi) is 4.07. The summed E-state index contributed by atoms with van der Waals surface area (Å²) in [5.74, 6) is 0.207. The van der Waals surface area contributed by atoms with Crippen LogP contribution < -0.4 is 0 Å². The fourth-order valence-electron chi connectivity index (χ4n) is 2.21. The summed E-state index contributed by atoms with van der Waals surface area (Å²) in [4.78, 5) is 11.7. The Hall–Kier alpha value is -1.11. The van der Waals surface area contributed by atoms with Gasteiger partial charge in [0, 0.05) is 5.56 Å². The Morgan fingerprint density at radius 1 is 1.00 bits per heavy atom. The summed E-state index contributed by atoms with van der Waals surface area (Å²) in [6.07, 6.45) is 2.89. The van der Waals surface area contributed by atoms with Crippen molar-refractivity contribution in [2.45, 2.75) is 47.0 Å². The van der Waals surface area contributed by atoms with E-state index in [0.29, 0.717) is 0 Å². The summed E-state index contributed by atoms with van der Waals surface area (Å²) < 4.78 is 0. The van der Waals surface area contributed by atoms with E-state index in [2.05, 4.69) is 32.9 Å². The first-order valence-corrected chi connectivity index (χ1v) is 5.80. The van der Waals surface area contributed by atoms with Crippen LogP contribution in [-0.4, -0.2) is 5.78 Å². The molecule has 1 rings (SSSR count). The van der Waals surface area contributed by atoms with Gasteiger partial charge in [-0.15, -0.1) is 0 Å². The topological polar surface area (TPSA) is 17.1 Å². The summed E-state index contributed by atoms with van der Waals surface area (Å²) >= 11 is 0. The van der Waals surface area contributed by atoms with Crippen molar-refractivity contribution in [2.24, 2.45) is 0 Å². The molecule has 0 heterocycles. The van der Waals surface area contributed by atoms with E-state index < -0.39 is 0 Å². The van der Waals surface area contributed by atoms with Crippen molar-refractivity contribution in [3.63, 3.8) is 0 Å². The molecule has 0 aliphatic rings. The zero-order valence-electron chi connectivity index (χ0n) is 10.2. The van der Waals surface area contributed by atoms with Crippen LogP contribution in [0.5, 0.6) is 0 Å². The van der Waals surface area contributed by atoms with Crippen LogP contribution in [0.2, 0.25) is 0 Å². The van der Waals surface area contributed by atoms with Crippen LogP contribution in [-0.2, 0) is 19.3 Å². The number of aryl methyl sites for hydroxylation is 2. The van der Waals surface area contributed by atoms with Gasteiger partial charge in [0.15, 0.2) is 5.78 Å². The molecule has 0 bridgehead atoms. The number of carbonyl (C=O) groups is 1. The van der Waals surface area contributed by atoms with Gasteiger partial charge in [-0.3, -0.25) is 4.79 Å². The number of hydrogen-bond donors (Lipinski definition) is 0. The second kappa shape index (κ2) is 5.11. The lowest BCUT2D eigenvalue weighted by Gasteiger charge is -2.14. The highest BCUT2D eigenvalue weighted by Gasteiger charge is 2.13. The molecule has 0 atom stereocenters. The van der Waals surface area contributed by atoms with E-state index in [-0.39, 0.29) is 5.78 Å². The first-order chi connectivity index (χ1) is 7.15. The SMILES string of the molecule is CCc1ccc(CC)c(C(C)=O)c1CC. The standard InChI is InChI=1S/C14H20O/c1-5-11-8-9-12(6-2)14(10(4)15)13(11)7-3/h8-9H,5-7H2,1-4H3. The predicted octanol–water partition coefficient (Wildman–Crippen LogP) is 3.58. The zero-order valence-corrected chi connectivity index (χ0v) is 10.2. The number of ketones is 1. The van der Waals surface area contributed by atoms with Gasteiger partial charge in [-0.05, 0) is 42.9 Å². The molecule has 0 aliphatic heterocycles. The van der Waals surface area contributed by atoms with E-state index in [9.17, 15) is 4.79 Å². The molecular formula is C14H20O. The molecule has 1 heteroatoms. The molecule has 0 unspecified atom stereocenters. The smallest absolute Gasteiger partial charge is 0.160 e. The summed E-state index contributed by atoms with van der Waals surface area (Å²) in [5.41, 5.74) is 4.74. The Morgan fingerprint density at radius 2 is 1.53 bits per heavy atom. The fourth-order valence-corrected chi connectivity index (χ4v) is 2.21. The van der Waals surface area contributed by atoms with Gasteiger partial charge in [-0.1, -0.05) is 32.9 Å². The van der Waals surface area contributed by atoms with Crippen LogP contribution in [0.3, 0.4) is 0 Å². The summed E-state index contributed by atoms with van der Waals surface area (Å²) in [7, 11) is 0. The Bertz CT molecular complexity index is 364. The van der Waals surface area contributed by atoms with Gasteiger partial charge in [-0.2, -0.15) is 0 Å². The summed E-state index contributed by atoms with van der Waals surface area (Å²) in [5, 5.41) is 0. The predicted molar refractivity (Wildman–Crippen MR) is 64.6 cm³/mol. The van der Waals surface area contributed by atoms with Gasteiger partial charge in [0.1, 0.15) is 0 Å². The van der Waals surface area contributed by atoms with Gasteiger partial charge in [0.05, 0.1) is 0 Å². The first kappa shape index (κ1) is 12.0. The van der Waals surface area contributed by atoms with E-state index in [4.69, 9.17) is 0 Å². The van der Waals surface area contributed by atoms with Crippen molar-refractivity contribution in [1.29, 1.82) is 0 Å². The van der Waals surface area contributed by atoms with E-state index >= 15 is 0 Å². The van der Waals surface area contributed by atoms with Crippen LogP contribution >= 0.6 is 0 Å². The van der Waals surface area contributed by atoms with E-state index in [1.165, 1.54) is 16.7 Å². The molecule has 1 aromatic rings. The van der Waals surface area contributed by atoms with Crippen molar-refractivity contribution in [1.82, 2.24) is 0 Å². The Labute approximate surface area is 92.5 Å². The quantitative estimate of drug-likeness (QED) is 0.685. The van der Waals surface area contributed by atoms with Gasteiger partial charge in [0.25, 0.3) is 0 Å². The first-order valence-electron chi connectivity index (χ1n) is 5.80. The lowest BCUT2D eigenvalue weighted by molar-refractivity contribution is 0.101. The molecule has 1 aromatic carbocycles. The van der Waals surface area contributed by atoms with Gasteiger partial charge >= 0.3 is 0 Å². The van der Waals surface area contributed by atoms with E-state index in [1.807, 2.05) is 0 Å². The van der Waals surface area contributed by atoms with Crippen molar-refractivity contribution >= 4 is 5.78 Å². The third-order valence-corrected chi connectivity index (χ3v) is 2.96. The van der Waals surface area contributed by atoms with Crippen molar-refractivity contribution in [3.05, 3.63) is 34.4 Å². The molecule has 0 fully saturated rings. The zero-order chi connectivity index (χ0) is 11.4. The maximum atomic E-state index is 11.7. The van der Waals surface area contributed by atoms with Crippen LogP contribution in [0.4, 0.5) is 0 Å². The Balaban J connectivity index is 3.44. The molecule has 0 saturated carbocycles. The van der Waals surface area contributed by atoms with Crippen LogP contribution in [0.25, 0.3) is 0 Å². The summed E-state index contributed by atoms with van der Waals surface area (Å²) in [6, 6.07) is 4.28. The van der Waals surface area contributed by atoms with Gasteiger partial charge in [0.2, 0.25) is 0 Å². The van der Waals surface area contributed by atoms with Crippen molar-refractivity contribution in [3.8, 4) is 0 Å². The third kappa shape index (κ3) is 2.28. The average molecular weight is 204 g/mol. The largest absolute Gasteiger partial charge is 0.294 e. The van der Waals surface area contributed by atoms with E-state index in [0.717, 1.165) is 24.8 Å².